The van der Waals surface area contributed by atoms with Gasteiger partial charge in [-0.2, -0.15) is 0 Å². The maximum Gasteiger partial charge on any atom is 0.408 e. The van der Waals surface area contributed by atoms with Gasteiger partial charge in [0.2, 0.25) is 5.75 Å². The molecule has 1 aliphatic carbocycles. The molecule has 0 radical (unpaired) electrons. The van der Waals surface area contributed by atoms with E-state index in [1.807, 2.05) is 30.3 Å². The topological polar surface area (TPSA) is 133 Å². The fourth-order valence-electron chi connectivity index (χ4n) is 2.64. The number of carbonyl (C=O) groups excluding carboxylic acids is 2. The molecule has 0 atom stereocenters. The molecule has 1 heterocycles. The molecule has 1 fully saturated rings. The highest BCUT2D eigenvalue weighted by molar-refractivity contribution is 5.94. The first-order valence-corrected chi connectivity index (χ1v) is 9.37. The molecule has 29 heavy (non-hydrogen) atoms. The summed E-state index contributed by atoms with van der Waals surface area (Å²) in [5.74, 6) is -0.942. The number of alkyl carbamates (subject to hydrolysis) is 1. The maximum atomic E-state index is 12.3. The monoisotopic (exact) mass is 400 g/mol. The first kappa shape index (κ1) is 20.4. The third kappa shape index (κ3) is 5.34. The highest BCUT2D eigenvalue weighted by atomic mass is 16.5. The first-order valence-electron chi connectivity index (χ1n) is 9.37. The smallest absolute Gasteiger partial charge is 0.408 e. The molecule has 0 saturated heterocycles. The van der Waals surface area contributed by atoms with Gasteiger partial charge in [-0.1, -0.05) is 30.3 Å². The van der Waals surface area contributed by atoms with E-state index in [-0.39, 0.29) is 18.1 Å². The second-order valence-corrected chi connectivity index (χ2v) is 7.58. The number of ether oxygens (including phenoxy) is 1. The Balaban J connectivity index is 1.70. The Morgan fingerprint density at radius 1 is 1.28 bits per heavy atom. The zero-order valence-electron chi connectivity index (χ0n) is 16.3. The number of benzene rings is 1. The lowest BCUT2D eigenvalue weighted by Gasteiger charge is -2.25. The normalized spacial score (nSPS) is 13.6. The van der Waals surface area contributed by atoms with Crippen molar-refractivity contribution in [1.29, 1.82) is 0 Å². The van der Waals surface area contributed by atoms with Gasteiger partial charge in [-0.25, -0.2) is 9.78 Å². The molecule has 1 saturated carbocycles. The van der Waals surface area contributed by atoms with Crippen LogP contribution in [-0.4, -0.2) is 33.6 Å². The summed E-state index contributed by atoms with van der Waals surface area (Å²) in [5.41, 5.74) is -1.58. The van der Waals surface area contributed by atoms with Crippen LogP contribution in [0.4, 0.5) is 4.79 Å². The van der Waals surface area contributed by atoms with E-state index >= 15 is 0 Å². The minimum atomic E-state index is -1.16. The predicted octanol–water partition coefficient (Wildman–Crippen LogP) is 1.78. The zero-order valence-corrected chi connectivity index (χ0v) is 16.3. The van der Waals surface area contributed by atoms with Crippen LogP contribution in [0.3, 0.4) is 0 Å². The molecule has 4 N–H and O–H groups in total. The van der Waals surface area contributed by atoms with Crippen molar-refractivity contribution < 1.29 is 19.4 Å². The second kappa shape index (κ2) is 8.34. The SMILES string of the molecule is CC(C)(NC(=O)OCc1ccccc1)c1nc(C(=O)NCC2CC2)c(O)c(=O)[nH]1. The lowest BCUT2D eigenvalue weighted by Crippen LogP contribution is -2.44. The largest absolute Gasteiger partial charge is 0.501 e. The number of amides is 2. The molecule has 154 valence electrons. The number of aromatic hydroxyl groups is 1. The molecule has 1 aromatic carbocycles. The Morgan fingerprint density at radius 3 is 2.62 bits per heavy atom. The highest BCUT2D eigenvalue weighted by Gasteiger charge is 2.30. The number of aromatic amines is 1. The van der Waals surface area contributed by atoms with Crippen LogP contribution in [0.1, 0.15) is 48.6 Å². The molecule has 0 aliphatic heterocycles. The van der Waals surface area contributed by atoms with Gasteiger partial charge >= 0.3 is 6.09 Å². The van der Waals surface area contributed by atoms with Crippen LogP contribution >= 0.6 is 0 Å². The number of hydrogen-bond donors (Lipinski definition) is 4. The van der Waals surface area contributed by atoms with E-state index in [0.717, 1.165) is 18.4 Å². The van der Waals surface area contributed by atoms with Crippen LogP contribution in [0.5, 0.6) is 5.75 Å². The van der Waals surface area contributed by atoms with Gasteiger partial charge in [-0.05, 0) is 38.2 Å². The molecular formula is C20H24N4O5. The van der Waals surface area contributed by atoms with E-state index in [1.54, 1.807) is 13.8 Å². The summed E-state index contributed by atoms with van der Waals surface area (Å²) in [6.07, 6.45) is 1.37. The van der Waals surface area contributed by atoms with Gasteiger partial charge < -0.3 is 25.5 Å². The summed E-state index contributed by atoms with van der Waals surface area (Å²) in [6.45, 7) is 3.74. The summed E-state index contributed by atoms with van der Waals surface area (Å²) < 4.78 is 5.19. The van der Waals surface area contributed by atoms with Crippen LogP contribution in [0.2, 0.25) is 0 Å². The van der Waals surface area contributed by atoms with Gasteiger partial charge in [0, 0.05) is 6.54 Å². The second-order valence-electron chi connectivity index (χ2n) is 7.58. The zero-order chi connectivity index (χ0) is 21.0. The molecule has 1 aromatic heterocycles. The highest BCUT2D eigenvalue weighted by Crippen LogP contribution is 2.27. The summed E-state index contributed by atoms with van der Waals surface area (Å²) in [6, 6.07) is 9.18. The lowest BCUT2D eigenvalue weighted by molar-refractivity contribution is 0.0942. The number of rotatable bonds is 7. The lowest BCUT2D eigenvalue weighted by atomic mass is 10.0. The van der Waals surface area contributed by atoms with Crippen molar-refractivity contribution in [3.8, 4) is 5.75 Å². The average molecular weight is 400 g/mol. The van der Waals surface area contributed by atoms with E-state index in [1.165, 1.54) is 0 Å². The van der Waals surface area contributed by atoms with Crippen LogP contribution < -0.4 is 16.2 Å². The van der Waals surface area contributed by atoms with Crippen LogP contribution in [-0.2, 0) is 16.9 Å². The van der Waals surface area contributed by atoms with Gasteiger partial charge in [0.1, 0.15) is 12.4 Å². The Kier molecular flexibility index (Phi) is 5.86. The molecule has 0 spiro atoms. The predicted molar refractivity (Wildman–Crippen MR) is 104 cm³/mol. The van der Waals surface area contributed by atoms with E-state index in [4.69, 9.17) is 4.74 Å². The van der Waals surface area contributed by atoms with E-state index in [2.05, 4.69) is 20.6 Å². The molecule has 1 aliphatic rings. The Bertz CT molecular complexity index is 951. The Morgan fingerprint density at radius 2 is 1.97 bits per heavy atom. The van der Waals surface area contributed by atoms with E-state index in [0.29, 0.717) is 12.5 Å². The van der Waals surface area contributed by atoms with Gasteiger partial charge in [-0.3, -0.25) is 9.59 Å². The number of carbonyl (C=O) groups is 2. The maximum absolute atomic E-state index is 12.3. The van der Waals surface area contributed by atoms with Crippen molar-refractivity contribution in [3.63, 3.8) is 0 Å². The molecular weight excluding hydrogens is 376 g/mol. The summed E-state index contributed by atoms with van der Waals surface area (Å²) in [4.78, 5) is 43.1. The fraction of sp³-hybridized carbons (Fsp3) is 0.400. The number of nitrogens with zero attached hydrogens (tertiary/aromatic N) is 1. The van der Waals surface area contributed by atoms with Crippen molar-refractivity contribution >= 4 is 12.0 Å². The molecule has 3 rings (SSSR count). The molecule has 0 bridgehead atoms. The summed E-state index contributed by atoms with van der Waals surface area (Å²) in [7, 11) is 0. The Hall–Kier alpha value is -3.36. The van der Waals surface area contributed by atoms with Crippen LogP contribution in [0.15, 0.2) is 35.1 Å². The summed E-state index contributed by atoms with van der Waals surface area (Å²) >= 11 is 0. The van der Waals surface area contributed by atoms with Crippen molar-refractivity contribution in [2.75, 3.05) is 6.54 Å². The van der Waals surface area contributed by atoms with Crippen LogP contribution in [0.25, 0.3) is 0 Å². The number of nitrogens with one attached hydrogen (secondary N) is 3. The molecule has 0 unspecified atom stereocenters. The fourth-order valence-corrected chi connectivity index (χ4v) is 2.64. The van der Waals surface area contributed by atoms with Gasteiger partial charge in [-0.15, -0.1) is 0 Å². The molecule has 2 aromatic rings. The quantitative estimate of drug-likeness (QED) is 0.560. The molecule has 2 amide bonds. The molecule has 9 nitrogen and oxygen atoms in total. The third-order valence-corrected chi connectivity index (χ3v) is 4.58. The van der Waals surface area contributed by atoms with Gasteiger partial charge in [0.25, 0.3) is 11.5 Å². The average Bonchev–Trinajstić information content (AvgIpc) is 3.51. The van der Waals surface area contributed by atoms with Crippen molar-refractivity contribution in [2.24, 2.45) is 5.92 Å². The Labute approximate surface area is 167 Å². The summed E-state index contributed by atoms with van der Waals surface area (Å²) in [5, 5.41) is 15.2. The van der Waals surface area contributed by atoms with Crippen molar-refractivity contribution in [2.45, 2.75) is 38.8 Å². The van der Waals surface area contributed by atoms with Crippen LogP contribution in [0, 0.1) is 5.92 Å². The van der Waals surface area contributed by atoms with E-state index in [9.17, 15) is 19.5 Å². The minimum Gasteiger partial charge on any atom is -0.501 e. The standard InChI is InChI=1S/C20H24N4O5/c1-20(2,24-19(28)29-11-13-6-4-3-5-7-13)18-22-14(15(25)17(27)23-18)16(26)21-10-12-8-9-12/h3-7,12,25H,8-11H2,1-2H3,(H,21,26)(H,24,28)(H,22,23,27). The van der Waals surface area contributed by atoms with Gasteiger partial charge in [0.15, 0.2) is 5.69 Å². The van der Waals surface area contributed by atoms with Gasteiger partial charge in [0.05, 0.1) is 5.54 Å². The number of hydrogen-bond acceptors (Lipinski definition) is 6. The number of H-pyrrole nitrogens is 1. The first-order chi connectivity index (χ1) is 13.8. The molecule has 9 heteroatoms. The number of aromatic nitrogens is 2. The van der Waals surface area contributed by atoms with Crippen molar-refractivity contribution in [1.82, 2.24) is 20.6 Å². The minimum absolute atomic E-state index is 0.0218. The van der Waals surface area contributed by atoms with E-state index < -0.39 is 28.8 Å². The van der Waals surface area contributed by atoms with Crippen molar-refractivity contribution in [3.05, 3.63) is 57.8 Å². The third-order valence-electron chi connectivity index (χ3n) is 4.58.